The van der Waals surface area contributed by atoms with Gasteiger partial charge in [0, 0.05) is 25.6 Å². The van der Waals surface area contributed by atoms with Crippen LogP contribution in [0.2, 0.25) is 0 Å². The number of carbonyl (C=O) groups is 3. The van der Waals surface area contributed by atoms with Crippen LogP contribution in [-0.2, 0) is 27.2 Å². The van der Waals surface area contributed by atoms with Crippen LogP contribution in [0.3, 0.4) is 0 Å². The SMILES string of the molecule is COCCN(CC(=O)Nc1nc(CC(=O)NCCc2ccc(OC)c(OC)c2)cs1)C(=O)c1ccco1. The first-order chi connectivity index (χ1) is 17.9. The fraction of sp³-hybridized carbons (Fsp3) is 0.360. The van der Waals surface area contributed by atoms with E-state index in [1.807, 2.05) is 18.2 Å². The van der Waals surface area contributed by atoms with E-state index in [2.05, 4.69) is 15.6 Å². The summed E-state index contributed by atoms with van der Waals surface area (Å²) in [6, 6.07) is 8.75. The Bertz CT molecular complexity index is 1180. The number of methoxy groups -OCH3 is 3. The van der Waals surface area contributed by atoms with E-state index in [0.29, 0.717) is 35.3 Å². The summed E-state index contributed by atoms with van der Waals surface area (Å²) in [5.41, 5.74) is 1.54. The lowest BCUT2D eigenvalue weighted by Gasteiger charge is -2.20. The van der Waals surface area contributed by atoms with E-state index < -0.39 is 11.8 Å². The summed E-state index contributed by atoms with van der Waals surface area (Å²) < 4.78 is 20.7. The van der Waals surface area contributed by atoms with Crippen LogP contribution < -0.4 is 20.1 Å². The summed E-state index contributed by atoms with van der Waals surface area (Å²) in [4.78, 5) is 43.1. The molecular weight excluding hydrogens is 500 g/mol. The van der Waals surface area contributed by atoms with Gasteiger partial charge in [0.15, 0.2) is 22.4 Å². The van der Waals surface area contributed by atoms with Crippen molar-refractivity contribution in [3.05, 3.63) is 59.0 Å². The van der Waals surface area contributed by atoms with Gasteiger partial charge in [0.1, 0.15) is 6.54 Å². The van der Waals surface area contributed by atoms with Crippen molar-refractivity contribution in [1.29, 1.82) is 0 Å². The largest absolute Gasteiger partial charge is 0.493 e. The van der Waals surface area contributed by atoms with Gasteiger partial charge in [-0.3, -0.25) is 14.4 Å². The number of ether oxygens (including phenoxy) is 3. The Labute approximate surface area is 218 Å². The second-order valence-electron chi connectivity index (χ2n) is 7.86. The first kappa shape index (κ1) is 27.7. The molecule has 0 saturated carbocycles. The number of hydrogen-bond acceptors (Lipinski definition) is 9. The lowest BCUT2D eigenvalue weighted by Crippen LogP contribution is -2.39. The first-order valence-corrected chi connectivity index (χ1v) is 12.3. The Kier molecular flexibility index (Phi) is 10.5. The highest BCUT2D eigenvalue weighted by molar-refractivity contribution is 7.13. The number of rotatable bonds is 14. The predicted molar refractivity (Wildman–Crippen MR) is 137 cm³/mol. The zero-order valence-corrected chi connectivity index (χ0v) is 21.8. The van der Waals surface area contributed by atoms with Crippen molar-refractivity contribution in [2.75, 3.05) is 52.9 Å². The third-order valence-corrected chi connectivity index (χ3v) is 6.05. The van der Waals surface area contributed by atoms with E-state index in [4.69, 9.17) is 18.6 Å². The third kappa shape index (κ3) is 8.33. The Morgan fingerprint density at radius 2 is 1.89 bits per heavy atom. The van der Waals surface area contributed by atoms with Gasteiger partial charge in [-0.1, -0.05) is 6.07 Å². The van der Waals surface area contributed by atoms with Gasteiger partial charge in [0.2, 0.25) is 11.8 Å². The zero-order chi connectivity index (χ0) is 26.6. The predicted octanol–water partition coefficient (Wildman–Crippen LogP) is 2.38. The van der Waals surface area contributed by atoms with Crippen LogP contribution in [0.1, 0.15) is 21.8 Å². The van der Waals surface area contributed by atoms with Gasteiger partial charge >= 0.3 is 0 Å². The Hall–Kier alpha value is -3.90. The Morgan fingerprint density at radius 1 is 1.08 bits per heavy atom. The number of anilines is 1. The molecule has 198 valence electrons. The average Bonchev–Trinajstić information content (AvgIpc) is 3.58. The molecule has 0 unspecified atom stereocenters. The highest BCUT2D eigenvalue weighted by Gasteiger charge is 2.21. The quantitative estimate of drug-likeness (QED) is 0.325. The number of carbonyl (C=O) groups excluding carboxylic acids is 3. The van der Waals surface area contributed by atoms with Gasteiger partial charge in [-0.05, 0) is 36.2 Å². The van der Waals surface area contributed by atoms with E-state index in [-0.39, 0.29) is 37.8 Å². The van der Waals surface area contributed by atoms with Crippen LogP contribution in [-0.4, -0.2) is 75.2 Å². The zero-order valence-electron chi connectivity index (χ0n) is 20.9. The number of hydrogen-bond donors (Lipinski definition) is 2. The Morgan fingerprint density at radius 3 is 2.59 bits per heavy atom. The second kappa shape index (κ2) is 14.0. The van der Waals surface area contributed by atoms with Crippen LogP contribution in [0.5, 0.6) is 11.5 Å². The standard InChI is InChI=1S/C25H30N4O7S/c1-33-12-10-29(24(32)20-5-4-11-36-20)15-23(31)28-25-27-18(16-37-25)14-22(30)26-9-8-17-6-7-19(34-2)21(13-17)35-3/h4-7,11,13,16H,8-10,12,14-15H2,1-3H3,(H,26,30)(H,27,28,31). The lowest BCUT2D eigenvalue weighted by atomic mass is 10.1. The van der Waals surface area contributed by atoms with Crippen molar-refractivity contribution in [2.45, 2.75) is 12.8 Å². The lowest BCUT2D eigenvalue weighted by molar-refractivity contribution is -0.120. The normalized spacial score (nSPS) is 10.6. The highest BCUT2D eigenvalue weighted by Crippen LogP contribution is 2.27. The van der Waals surface area contributed by atoms with Gasteiger partial charge in [-0.2, -0.15) is 0 Å². The summed E-state index contributed by atoms with van der Waals surface area (Å²) >= 11 is 1.20. The van der Waals surface area contributed by atoms with E-state index >= 15 is 0 Å². The van der Waals surface area contributed by atoms with E-state index in [9.17, 15) is 14.4 Å². The molecule has 3 aromatic rings. The van der Waals surface area contributed by atoms with Gasteiger partial charge < -0.3 is 34.2 Å². The maximum absolute atomic E-state index is 12.6. The molecule has 0 aliphatic heterocycles. The summed E-state index contributed by atoms with van der Waals surface area (Å²) in [6.45, 7) is 0.732. The molecule has 2 aromatic heterocycles. The molecule has 1 aromatic carbocycles. The summed E-state index contributed by atoms with van der Waals surface area (Å²) in [5.74, 6) is 0.401. The van der Waals surface area contributed by atoms with Gasteiger partial charge in [0.25, 0.3) is 5.91 Å². The molecule has 0 fully saturated rings. The molecule has 0 aliphatic rings. The van der Waals surface area contributed by atoms with Crippen LogP contribution >= 0.6 is 11.3 Å². The van der Waals surface area contributed by atoms with Gasteiger partial charge in [-0.15, -0.1) is 11.3 Å². The highest BCUT2D eigenvalue weighted by atomic mass is 32.1. The molecule has 11 nitrogen and oxygen atoms in total. The first-order valence-electron chi connectivity index (χ1n) is 11.5. The summed E-state index contributed by atoms with van der Waals surface area (Å²) in [6.07, 6.45) is 2.10. The minimum atomic E-state index is -0.420. The van der Waals surface area contributed by atoms with Gasteiger partial charge in [0.05, 0.1) is 39.2 Å². The number of nitrogens with one attached hydrogen (secondary N) is 2. The molecule has 37 heavy (non-hydrogen) atoms. The van der Waals surface area contributed by atoms with Crippen molar-refractivity contribution >= 4 is 34.2 Å². The number of aromatic nitrogens is 1. The molecule has 2 N–H and O–H groups in total. The summed E-state index contributed by atoms with van der Waals surface area (Å²) in [7, 11) is 4.67. The fourth-order valence-corrected chi connectivity index (χ4v) is 4.12. The molecule has 3 amide bonds. The van der Waals surface area contributed by atoms with E-state index in [1.54, 1.807) is 25.7 Å². The molecule has 0 aliphatic carbocycles. The third-order valence-electron chi connectivity index (χ3n) is 5.24. The topological polar surface area (TPSA) is 132 Å². The fourth-order valence-electron chi connectivity index (χ4n) is 3.40. The molecule has 0 spiro atoms. The molecule has 0 atom stereocenters. The average molecular weight is 531 g/mol. The monoisotopic (exact) mass is 530 g/mol. The van der Waals surface area contributed by atoms with Crippen molar-refractivity contribution in [3.8, 4) is 11.5 Å². The molecule has 0 radical (unpaired) electrons. The molecular formula is C25H30N4O7S. The maximum Gasteiger partial charge on any atom is 0.290 e. The van der Waals surface area contributed by atoms with Crippen molar-refractivity contribution < 1.29 is 33.0 Å². The second-order valence-corrected chi connectivity index (χ2v) is 8.71. The van der Waals surface area contributed by atoms with E-state index in [0.717, 1.165) is 5.56 Å². The molecule has 0 saturated heterocycles. The summed E-state index contributed by atoms with van der Waals surface area (Å²) in [5, 5.41) is 7.60. The Balaban J connectivity index is 1.46. The molecule has 0 bridgehead atoms. The minimum absolute atomic E-state index is 0.0786. The molecule has 12 heteroatoms. The van der Waals surface area contributed by atoms with Crippen LogP contribution in [0.25, 0.3) is 0 Å². The minimum Gasteiger partial charge on any atom is -0.493 e. The van der Waals surface area contributed by atoms with Crippen LogP contribution in [0, 0.1) is 0 Å². The van der Waals surface area contributed by atoms with Gasteiger partial charge in [-0.25, -0.2) is 4.98 Å². The number of nitrogens with zero attached hydrogens (tertiary/aromatic N) is 2. The number of furan rings is 1. The van der Waals surface area contributed by atoms with Crippen molar-refractivity contribution in [3.63, 3.8) is 0 Å². The number of benzene rings is 1. The van der Waals surface area contributed by atoms with Crippen molar-refractivity contribution in [1.82, 2.24) is 15.2 Å². The van der Waals surface area contributed by atoms with Crippen LogP contribution in [0.4, 0.5) is 5.13 Å². The smallest absolute Gasteiger partial charge is 0.290 e. The number of thiazole rings is 1. The van der Waals surface area contributed by atoms with Crippen LogP contribution in [0.15, 0.2) is 46.4 Å². The van der Waals surface area contributed by atoms with Crippen molar-refractivity contribution in [2.24, 2.45) is 0 Å². The van der Waals surface area contributed by atoms with E-state index in [1.165, 1.54) is 35.7 Å². The number of amides is 3. The molecule has 3 rings (SSSR count). The maximum atomic E-state index is 12.6. The molecule has 2 heterocycles.